The van der Waals surface area contributed by atoms with Gasteiger partial charge in [-0.05, 0) is 43.5 Å². The summed E-state index contributed by atoms with van der Waals surface area (Å²) in [5.74, 6) is 0.0304. The maximum Gasteiger partial charge on any atom is 0.416 e. The molecule has 0 unspecified atom stereocenters. The highest BCUT2D eigenvalue weighted by Gasteiger charge is 2.33. The van der Waals surface area contributed by atoms with Gasteiger partial charge in [0.05, 0.1) is 5.56 Å². The molecule has 0 heterocycles. The van der Waals surface area contributed by atoms with E-state index in [9.17, 15) is 18.0 Å². The first-order valence-corrected chi connectivity index (χ1v) is 7.07. The lowest BCUT2D eigenvalue weighted by Gasteiger charge is -2.23. The normalized spacial score (nSPS) is 14.4. The molecule has 2 rings (SSSR count). The fraction of sp³-hybridized carbons (Fsp3) is 0.533. The molecule has 1 saturated carbocycles. The Hall–Kier alpha value is -1.27. The third-order valence-corrected chi connectivity index (χ3v) is 3.54. The zero-order chi connectivity index (χ0) is 15.5. The van der Waals surface area contributed by atoms with Crippen molar-refractivity contribution in [1.29, 1.82) is 0 Å². The smallest absolute Gasteiger partial charge is 0.335 e. The van der Waals surface area contributed by atoms with E-state index in [0.717, 1.165) is 30.5 Å². The van der Waals surface area contributed by atoms with E-state index in [1.165, 1.54) is 12.1 Å². The second-order valence-corrected chi connectivity index (χ2v) is 5.34. The van der Waals surface area contributed by atoms with Crippen LogP contribution in [0.5, 0.6) is 0 Å². The van der Waals surface area contributed by atoms with Crippen molar-refractivity contribution < 1.29 is 18.0 Å². The molecule has 3 nitrogen and oxygen atoms in total. The SMILES string of the molecule is Cl.NCCCC(=O)N(Cc1ccc(C(F)(F)F)cc1)C1CC1. The molecule has 0 aromatic heterocycles. The first kappa shape index (κ1) is 18.8. The molecule has 0 radical (unpaired) electrons. The first-order chi connectivity index (χ1) is 9.91. The number of hydrogen-bond donors (Lipinski definition) is 1. The molecule has 1 aromatic rings. The van der Waals surface area contributed by atoms with Gasteiger partial charge in [-0.3, -0.25) is 4.79 Å². The molecular weight excluding hydrogens is 317 g/mol. The summed E-state index contributed by atoms with van der Waals surface area (Å²) in [4.78, 5) is 13.9. The van der Waals surface area contributed by atoms with Crippen molar-refractivity contribution in [2.75, 3.05) is 6.54 Å². The fourth-order valence-corrected chi connectivity index (χ4v) is 2.20. The van der Waals surface area contributed by atoms with Crippen molar-refractivity contribution in [3.63, 3.8) is 0 Å². The van der Waals surface area contributed by atoms with Crippen LogP contribution in [0.3, 0.4) is 0 Å². The van der Waals surface area contributed by atoms with Gasteiger partial charge in [-0.15, -0.1) is 12.4 Å². The van der Waals surface area contributed by atoms with Gasteiger partial charge in [-0.25, -0.2) is 0 Å². The van der Waals surface area contributed by atoms with E-state index in [1.54, 1.807) is 4.90 Å². The maximum absolute atomic E-state index is 12.5. The number of hydrogen-bond acceptors (Lipinski definition) is 2. The average Bonchev–Trinajstić information content (AvgIpc) is 3.26. The highest BCUT2D eigenvalue weighted by Crippen LogP contribution is 2.31. The topological polar surface area (TPSA) is 46.3 Å². The highest BCUT2D eigenvalue weighted by molar-refractivity contribution is 5.85. The molecular formula is C15H20ClF3N2O. The first-order valence-electron chi connectivity index (χ1n) is 7.07. The number of halogens is 4. The molecule has 1 fully saturated rings. The minimum atomic E-state index is -4.33. The Kier molecular flexibility index (Phi) is 6.68. The molecule has 0 saturated heterocycles. The van der Waals surface area contributed by atoms with E-state index in [1.807, 2.05) is 0 Å². The molecule has 0 aliphatic heterocycles. The lowest BCUT2D eigenvalue weighted by atomic mass is 10.1. The van der Waals surface area contributed by atoms with Crippen LogP contribution in [-0.2, 0) is 17.5 Å². The molecule has 1 aliphatic rings. The zero-order valence-electron chi connectivity index (χ0n) is 12.1. The Labute approximate surface area is 134 Å². The van der Waals surface area contributed by atoms with Gasteiger partial charge in [0.25, 0.3) is 0 Å². The van der Waals surface area contributed by atoms with Gasteiger partial charge in [0, 0.05) is 19.0 Å². The number of nitrogens with two attached hydrogens (primary N) is 1. The predicted molar refractivity (Wildman–Crippen MR) is 80.6 cm³/mol. The molecule has 0 bridgehead atoms. The van der Waals surface area contributed by atoms with Crippen LogP contribution in [0.2, 0.25) is 0 Å². The molecule has 0 atom stereocenters. The number of carbonyl (C=O) groups excluding carboxylic acids is 1. The van der Waals surface area contributed by atoms with E-state index in [4.69, 9.17) is 5.73 Å². The Morgan fingerprint density at radius 3 is 2.27 bits per heavy atom. The summed E-state index contributed by atoms with van der Waals surface area (Å²) in [5, 5.41) is 0. The lowest BCUT2D eigenvalue weighted by Crippen LogP contribution is -2.32. The summed E-state index contributed by atoms with van der Waals surface area (Å²) in [6.07, 6.45) is -1.36. The lowest BCUT2D eigenvalue weighted by molar-refractivity contribution is -0.137. The fourth-order valence-electron chi connectivity index (χ4n) is 2.20. The molecule has 7 heteroatoms. The predicted octanol–water partition coefficient (Wildman–Crippen LogP) is 3.36. The van der Waals surface area contributed by atoms with Crippen molar-refractivity contribution in [1.82, 2.24) is 4.90 Å². The van der Waals surface area contributed by atoms with Gasteiger partial charge in [0.15, 0.2) is 0 Å². The van der Waals surface area contributed by atoms with Gasteiger partial charge in [-0.2, -0.15) is 13.2 Å². The van der Waals surface area contributed by atoms with Gasteiger partial charge in [0.2, 0.25) is 5.91 Å². The largest absolute Gasteiger partial charge is 0.416 e. The molecule has 1 amide bonds. The van der Waals surface area contributed by atoms with Crippen molar-refractivity contribution in [3.8, 4) is 0 Å². The average molecular weight is 337 g/mol. The summed E-state index contributed by atoms with van der Waals surface area (Å²) in [5.41, 5.74) is 5.45. The number of amides is 1. The third-order valence-electron chi connectivity index (χ3n) is 3.54. The standard InChI is InChI=1S/C15H19F3N2O.ClH/c16-15(17,18)12-5-3-11(4-6-12)10-20(13-7-8-13)14(21)2-1-9-19;/h3-6,13H,1-2,7-10,19H2;1H. The highest BCUT2D eigenvalue weighted by atomic mass is 35.5. The van der Waals surface area contributed by atoms with Gasteiger partial charge < -0.3 is 10.6 Å². The second kappa shape index (κ2) is 7.83. The van der Waals surface area contributed by atoms with Crippen LogP contribution < -0.4 is 5.73 Å². The minimum Gasteiger partial charge on any atom is -0.335 e. The van der Waals surface area contributed by atoms with E-state index < -0.39 is 11.7 Å². The summed E-state index contributed by atoms with van der Waals surface area (Å²) in [7, 11) is 0. The van der Waals surface area contributed by atoms with Gasteiger partial charge in [0.1, 0.15) is 0 Å². The van der Waals surface area contributed by atoms with Crippen LogP contribution in [0.25, 0.3) is 0 Å². The van der Waals surface area contributed by atoms with Crippen LogP contribution in [0.15, 0.2) is 24.3 Å². The number of benzene rings is 1. The van der Waals surface area contributed by atoms with Crippen molar-refractivity contribution in [2.45, 2.75) is 44.4 Å². The molecule has 0 spiro atoms. The number of rotatable bonds is 6. The molecule has 1 aromatic carbocycles. The third kappa shape index (κ3) is 5.18. The maximum atomic E-state index is 12.5. The quantitative estimate of drug-likeness (QED) is 0.866. The minimum absolute atomic E-state index is 0. The molecule has 22 heavy (non-hydrogen) atoms. The van der Waals surface area contributed by atoms with Gasteiger partial charge >= 0.3 is 6.18 Å². The van der Waals surface area contributed by atoms with E-state index in [0.29, 0.717) is 25.9 Å². The number of carbonyl (C=O) groups is 1. The summed E-state index contributed by atoms with van der Waals surface area (Å²) in [6, 6.07) is 5.23. The van der Waals surface area contributed by atoms with Crippen molar-refractivity contribution >= 4 is 18.3 Å². The summed E-state index contributed by atoms with van der Waals surface area (Å²) < 4.78 is 37.5. The van der Waals surface area contributed by atoms with Crippen LogP contribution in [0.1, 0.15) is 36.8 Å². The Bertz CT molecular complexity index is 487. The molecule has 124 valence electrons. The summed E-state index contributed by atoms with van der Waals surface area (Å²) >= 11 is 0. The van der Waals surface area contributed by atoms with E-state index in [2.05, 4.69) is 0 Å². The molecule has 1 aliphatic carbocycles. The number of alkyl halides is 3. The van der Waals surface area contributed by atoms with Crippen LogP contribution in [0, 0.1) is 0 Å². The van der Waals surface area contributed by atoms with Crippen LogP contribution >= 0.6 is 12.4 Å². The molecule has 2 N–H and O–H groups in total. The Balaban J connectivity index is 0.00000242. The zero-order valence-corrected chi connectivity index (χ0v) is 12.9. The van der Waals surface area contributed by atoms with E-state index in [-0.39, 0.29) is 24.4 Å². The summed E-state index contributed by atoms with van der Waals surface area (Å²) in [6.45, 7) is 0.830. The monoisotopic (exact) mass is 336 g/mol. The Morgan fingerprint density at radius 1 is 1.23 bits per heavy atom. The van der Waals surface area contributed by atoms with Crippen LogP contribution in [0.4, 0.5) is 13.2 Å². The van der Waals surface area contributed by atoms with Crippen molar-refractivity contribution in [3.05, 3.63) is 35.4 Å². The van der Waals surface area contributed by atoms with Crippen LogP contribution in [-0.4, -0.2) is 23.4 Å². The van der Waals surface area contributed by atoms with E-state index >= 15 is 0 Å². The second-order valence-electron chi connectivity index (χ2n) is 5.34. The van der Waals surface area contributed by atoms with Crippen molar-refractivity contribution in [2.24, 2.45) is 5.73 Å². The number of nitrogens with zero attached hydrogens (tertiary/aromatic N) is 1. The van der Waals surface area contributed by atoms with Gasteiger partial charge in [-0.1, -0.05) is 12.1 Å². The Morgan fingerprint density at radius 2 is 1.82 bits per heavy atom.